The van der Waals surface area contributed by atoms with Gasteiger partial charge in [0.05, 0.1) is 0 Å². The number of halogens is 3. The summed E-state index contributed by atoms with van der Waals surface area (Å²) in [6, 6.07) is 0. The van der Waals surface area contributed by atoms with E-state index in [-0.39, 0.29) is 5.41 Å². The molecule has 1 aliphatic rings. The first kappa shape index (κ1) is 14.0. The Kier molecular flexibility index (Phi) is 5.13. The summed E-state index contributed by atoms with van der Waals surface area (Å²) in [4.78, 5) is 0. The highest BCUT2D eigenvalue weighted by atomic mass is 79.9. The van der Waals surface area contributed by atoms with E-state index in [0.717, 1.165) is 22.4 Å². The summed E-state index contributed by atoms with van der Waals surface area (Å²) in [7, 11) is 0. The van der Waals surface area contributed by atoms with Crippen molar-refractivity contribution in [2.24, 2.45) is 5.41 Å². The van der Waals surface area contributed by atoms with Crippen molar-refractivity contribution >= 4 is 47.8 Å². The van der Waals surface area contributed by atoms with Crippen molar-refractivity contribution < 1.29 is 0 Å². The van der Waals surface area contributed by atoms with Crippen molar-refractivity contribution in [3.63, 3.8) is 0 Å². The van der Waals surface area contributed by atoms with Gasteiger partial charge in [-0.1, -0.05) is 60.3 Å². The van der Waals surface area contributed by atoms with Crippen LogP contribution in [0.2, 0.25) is 0 Å². The summed E-state index contributed by atoms with van der Waals surface area (Å²) < 4.78 is 0. The second-order valence-electron chi connectivity index (χ2n) is 4.50. The lowest BCUT2D eigenvalue weighted by molar-refractivity contribution is 0.444. The van der Waals surface area contributed by atoms with Gasteiger partial charge in [0.2, 0.25) is 0 Å². The molecule has 0 bridgehead atoms. The summed E-state index contributed by atoms with van der Waals surface area (Å²) in [6.45, 7) is 6.85. The number of alkyl halides is 3. The fraction of sp³-hybridized carbons (Fsp3) is 0.667. The van der Waals surface area contributed by atoms with E-state index in [0.29, 0.717) is 0 Å². The molecule has 0 aromatic heterocycles. The van der Waals surface area contributed by atoms with E-state index in [4.69, 9.17) is 0 Å². The highest BCUT2D eigenvalue weighted by molar-refractivity contribution is 9.09. The van der Waals surface area contributed by atoms with Crippen LogP contribution in [0.15, 0.2) is 22.3 Å². The van der Waals surface area contributed by atoms with Gasteiger partial charge in [0, 0.05) is 21.4 Å². The molecule has 0 aliphatic heterocycles. The number of rotatable bonds is 3. The van der Waals surface area contributed by atoms with Gasteiger partial charge in [0.15, 0.2) is 0 Å². The predicted octanol–water partition coefficient (Wildman–Crippen LogP) is 5.21. The van der Waals surface area contributed by atoms with E-state index in [9.17, 15) is 0 Å². The zero-order valence-corrected chi connectivity index (χ0v) is 14.2. The third-order valence-electron chi connectivity index (χ3n) is 3.37. The molecule has 0 heterocycles. The lowest BCUT2D eigenvalue weighted by Crippen LogP contribution is -2.28. The Morgan fingerprint density at radius 1 is 1.13 bits per heavy atom. The molecule has 1 unspecified atom stereocenters. The molecule has 3 heteroatoms. The van der Waals surface area contributed by atoms with E-state index in [1.54, 1.807) is 5.57 Å². The second kappa shape index (κ2) is 5.50. The molecule has 15 heavy (non-hydrogen) atoms. The van der Waals surface area contributed by atoms with Gasteiger partial charge in [-0.3, -0.25) is 0 Å². The maximum atomic E-state index is 3.66. The molecule has 0 N–H and O–H groups in total. The summed E-state index contributed by atoms with van der Waals surface area (Å²) in [5, 5.41) is 2.98. The average Bonchev–Trinajstić information content (AvgIpc) is 2.18. The van der Waals surface area contributed by atoms with Gasteiger partial charge in [-0.15, -0.1) is 0 Å². The normalized spacial score (nSPS) is 27.6. The summed E-state index contributed by atoms with van der Waals surface area (Å²) >= 11 is 10.9. The Labute approximate surface area is 118 Å². The maximum Gasteiger partial charge on any atom is 0.0285 e. The number of hydrogen-bond donors (Lipinski definition) is 0. The fourth-order valence-electron chi connectivity index (χ4n) is 2.36. The highest BCUT2D eigenvalue weighted by Crippen LogP contribution is 2.45. The number of allylic oxidation sites excluding steroid dienone is 4. The van der Waals surface area contributed by atoms with Crippen LogP contribution < -0.4 is 0 Å². The zero-order valence-electron chi connectivity index (χ0n) is 9.46. The Morgan fingerprint density at radius 2 is 1.73 bits per heavy atom. The van der Waals surface area contributed by atoms with Crippen LogP contribution in [0.25, 0.3) is 0 Å². The van der Waals surface area contributed by atoms with E-state index >= 15 is 0 Å². The molecular weight excluding hydrogens is 384 g/mol. The molecule has 1 atom stereocenters. The molecule has 0 spiro atoms. The molecular formula is C12H17Br3. The summed E-state index contributed by atoms with van der Waals surface area (Å²) in [6.07, 6.45) is 1.16. The van der Waals surface area contributed by atoms with Crippen LogP contribution in [0.3, 0.4) is 0 Å². The summed E-state index contributed by atoms with van der Waals surface area (Å²) in [5.74, 6) is 0. The van der Waals surface area contributed by atoms with Crippen molar-refractivity contribution in [1.29, 1.82) is 0 Å². The smallest absolute Gasteiger partial charge is 0.0285 e. The quantitative estimate of drug-likeness (QED) is 0.570. The topological polar surface area (TPSA) is 0 Å². The standard InChI is InChI=1S/C12H17Br3/c1-8-4-12(3,7-15)11(6-14)9(2)10(8)5-13/h4-7H2,1-3H3. The predicted molar refractivity (Wildman–Crippen MR) is 79.5 cm³/mol. The molecule has 0 aromatic carbocycles. The van der Waals surface area contributed by atoms with Crippen LogP contribution in [-0.4, -0.2) is 16.0 Å². The van der Waals surface area contributed by atoms with Crippen molar-refractivity contribution in [3.05, 3.63) is 22.3 Å². The van der Waals surface area contributed by atoms with Crippen LogP contribution in [0.5, 0.6) is 0 Å². The molecule has 0 nitrogen and oxygen atoms in total. The van der Waals surface area contributed by atoms with Gasteiger partial charge in [-0.25, -0.2) is 0 Å². The van der Waals surface area contributed by atoms with Crippen LogP contribution in [-0.2, 0) is 0 Å². The van der Waals surface area contributed by atoms with E-state index < -0.39 is 0 Å². The van der Waals surface area contributed by atoms with E-state index in [1.807, 2.05) is 0 Å². The molecule has 0 saturated heterocycles. The van der Waals surface area contributed by atoms with Gasteiger partial charge in [0.25, 0.3) is 0 Å². The monoisotopic (exact) mass is 398 g/mol. The van der Waals surface area contributed by atoms with E-state index in [1.165, 1.54) is 16.7 Å². The Bertz CT molecular complexity index is 315. The van der Waals surface area contributed by atoms with Crippen LogP contribution in [0.1, 0.15) is 27.2 Å². The summed E-state index contributed by atoms with van der Waals surface area (Å²) in [5.41, 5.74) is 6.30. The molecule has 86 valence electrons. The van der Waals surface area contributed by atoms with Crippen molar-refractivity contribution in [1.82, 2.24) is 0 Å². The van der Waals surface area contributed by atoms with Crippen LogP contribution >= 0.6 is 47.8 Å². The Balaban J connectivity index is 3.25. The average molecular weight is 401 g/mol. The zero-order chi connectivity index (χ0) is 11.6. The second-order valence-corrected chi connectivity index (χ2v) is 6.18. The molecule has 0 saturated carbocycles. The molecule has 0 amide bonds. The molecule has 1 aliphatic carbocycles. The fourth-order valence-corrected chi connectivity index (χ4v) is 4.89. The van der Waals surface area contributed by atoms with Crippen LogP contribution in [0, 0.1) is 5.41 Å². The third-order valence-corrected chi connectivity index (χ3v) is 5.73. The number of hydrogen-bond acceptors (Lipinski definition) is 0. The van der Waals surface area contributed by atoms with Crippen molar-refractivity contribution in [2.75, 3.05) is 16.0 Å². The first-order valence-corrected chi connectivity index (χ1v) is 8.43. The van der Waals surface area contributed by atoms with Gasteiger partial charge in [0.1, 0.15) is 0 Å². The van der Waals surface area contributed by atoms with Gasteiger partial charge >= 0.3 is 0 Å². The van der Waals surface area contributed by atoms with Gasteiger partial charge in [-0.2, -0.15) is 0 Å². The molecule has 0 radical (unpaired) electrons. The SMILES string of the molecule is CC1=C(CBr)C(C)=C(CBr)C(C)(CBr)C1. The molecule has 0 fully saturated rings. The maximum absolute atomic E-state index is 3.66. The van der Waals surface area contributed by atoms with Crippen molar-refractivity contribution in [3.8, 4) is 0 Å². The van der Waals surface area contributed by atoms with Crippen molar-refractivity contribution in [2.45, 2.75) is 27.2 Å². The first-order chi connectivity index (χ1) is 7.00. The third kappa shape index (κ3) is 2.61. The highest BCUT2D eigenvalue weighted by Gasteiger charge is 2.33. The van der Waals surface area contributed by atoms with Crippen LogP contribution in [0.4, 0.5) is 0 Å². The minimum absolute atomic E-state index is 0.281. The lowest BCUT2D eigenvalue weighted by Gasteiger charge is -2.37. The Hall–Kier alpha value is 0.920. The van der Waals surface area contributed by atoms with E-state index in [2.05, 4.69) is 68.6 Å². The molecule has 1 rings (SSSR count). The largest absolute Gasteiger partial charge is 0.0919 e. The Morgan fingerprint density at radius 3 is 2.13 bits per heavy atom. The molecule has 0 aromatic rings. The first-order valence-electron chi connectivity index (χ1n) is 5.07. The minimum atomic E-state index is 0.281. The van der Waals surface area contributed by atoms with Gasteiger partial charge < -0.3 is 0 Å². The minimum Gasteiger partial charge on any atom is -0.0919 e. The lowest BCUT2D eigenvalue weighted by atomic mass is 9.71. The van der Waals surface area contributed by atoms with Gasteiger partial charge in [-0.05, 0) is 37.0 Å².